The first-order chi connectivity index (χ1) is 11.0. The molecule has 1 unspecified atom stereocenters. The molecular formula is C23H36O. The largest absolute Gasteiger partial charge is 0.294 e. The minimum absolute atomic E-state index is 0.0526. The van der Waals surface area contributed by atoms with Crippen LogP contribution in [-0.4, -0.2) is 5.78 Å². The van der Waals surface area contributed by atoms with Crippen molar-refractivity contribution in [1.29, 1.82) is 0 Å². The zero-order valence-corrected chi connectivity index (χ0v) is 17.0. The van der Waals surface area contributed by atoms with Crippen molar-refractivity contribution >= 4 is 5.78 Å². The van der Waals surface area contributed by atoms with Gasteiger partial charge < -0.3 is 0 Å². The Bertz CT molecular complexity index is 584. The minimum atomic E-state index is -0.364. The summed E-state index contributed by atoms with van der Waals surface area (Å²) < 4.78 is 0. The molecule has 0 saturated heterocycles. The summed E-state index contributed by atoms with van der Waals surface area (Å²) in [6.07, 6.45) is 5.09. The van der Waals surface area contributed by atoms with Gasteiger partial charge in [0.05, 0.1) is 0 Å². The molecule has 0 aliphatic carbocycles. The number of allylic oxidation sites excluding steroid dienone is 2. The molecule has 1 rings (SSSR count). The Hall–Kier alpha value is -1.37. The molecule has 0 spiro atoms. The summed E-state index contributed by atoms with van der Waals surface area (Å²) in [6, 6.07) is 8.62. The molecule has 1 aromatic rings. The van der Waals surface area contributed by atoms with E-state index in [9.17, 15) is 4.79 Å². The average Bonchev–Trinajstić information content (AvgIpc) is 2.45. The fourth-order valence-corrected chi connectivity index (χ4v) is 2.76. The summed E-state index contributed by atoms with van der Waals surface area (Å²) in [7, 11) is 0. The molecule has 0 radical (unpaired) electrons. The van der Waals surface area contributed by atoms with E-state index in [2.05, 4.69) is 79.7 Å². The Labute approximate surface area is 149 Å². The van der Waals surface area contributed by atoms with Gasteiger partial charge in [-0.15, -0.1) is 0 Å². The molecule has 0 amide bonds. The van der Waals surface area contributed by atoms with Crippen molar-refractivity contribution < 1.29 is 4.79 Å². The van der Waals surface area contributed by atoms with Crippen LogP contribution in [0.3, 0.4) is 0 Å². The molecule has 0 saturated carbocycles. The fourth-order valence-electron chi connectivity index (χ4n) is 2.76. The molecule has 0 heterocycles. The molecule has 0 aliphatic heterocycles. The van der Waals surface area contributed by atoms with Crippen LogP contribution in [0.25, 0.3) is 0 Å². The normalized spacial score (nSPS) is 14.6. The average molecular weight is 329 g/mol. The van der Waals surface area contributed by atoms with Crippen molar-refractivity contribution in [2.24, 2.45) is 16.7 Å². The van der Waals surface area contributed by atoms with Crippen molar-refractivity contribution in [3.05, 3.63) is 47.0 Å². The highest BCUT2D eigenvalue weighted by molar-refractivity contribution is 5.95. The van der Waals surface area contributed by atoms with E-state index in [1.807, 2.05) is 6.08 Å². The lowest BCUT2D eigenvalue weighted by Crippen LogP contribution is -2.37. The molecule has 1 aromatic carbocycles. The number of ketones is 1. The third-order valence-electron chi connectivity index (χ3n) is 5.65. The first kappa shape index (κ1) is 20.7. The van der Waals surface area contributed by atoms with Gasteiger partial charge in [-0.2, -0.15) is 0 Å². The van der Waals surface area contributed by atoms with Crippen LogP contribution in [0.15, 0.2) is 35.9 Å². The van der Waals surface area contributed by atoms with Crippen molar-refractivity contribution in [2.75, 3.05) is 0 Å². The van der Waals surface area contributed by atoms with Crippen molar-refractivity contribution in [1.82, 2.24) is 0 Å². The molecule has 0 fully saturated rings. The first-order valence-electron chi connectivity index (χ1n) is 9.29. The zero-order chi connectivity index (χ0) is 18.5. The van der Waals surface area contributed by atoms with Gasteiger partial charge in [0.1, 0.15) is 0 Å². The van der Waals surface area contributed by atoms with Gasteiger partial charge in [0.15, 0.2) is 5.78 Å². The number of carbonyl (C=O) groups excluding carboxylic acids is 1. The van der Waals surface area contributed by atoms with E-state index >= 15 is 0 Å². The van der Waals surface area contributed by atoms with Crippen LogP contribution >= 0.6 is 0 Å². The number of benzene rings is 1. The summed E-state index contributed by atoms with van der Waals surface area (Å²) in [6.45, 7) is 17.2. The third kappa shape index (κ3) is 5.33. The molecule has 0 aromatic heterocycles. The predicted molar refractivity (Wildman–Crippen MR) is 105 cm³/mol. The second-order valence-electron chi connectivity index (χ2n) is 8.81. The Morgan fingerprint density at radius 1 is 1.17 bits per heavy atom. The van der Waals surface area contributed by atoms with Crippen LogP contribution in [0.2, 0.25) is 0 Å². The summed E-state index contributed by atoms with van der Waals surface area (Å²) in [5.41, 5.74) is 3.42. The number of aryl methyl sites for hydroxylation is 1. The highest BCUT2D eigenvalue weighted by Gasteiger charge is 2.38. The van der Waals surface area contributed by atoms with Gasteiger partial charge in [0.25, 0.3) is 0 Å². The summed E-state index contributed by atoms with van der Waals surface area (Å²) >= 11 is 0. The lowest BCUT2D eigenvalue weighted by atomic mass is 9.66. The monoisotopic (exact) mass is 328 g/mol. The SMILES string of the molecule is CCCC(C)/C(=C\C(=O)C(C)(C)C(C)(C)C)Cc1cccc(C)c1. The van der Waals surface area contributed by atoms with E-state index in [0.29, 0.717) is 5.92 Å². The van der Waals surface area contributed by atoms with E-state index in [1.165, 1.54) is 16.7 Å². The van der Waals surface area contributed by atoms with E-state index in [1.54, 1.807) is 0 Å². The van der Waals surface area contributed by atoms with Crippen molar-refractivity contribution in [2.45, 2.75) is 74.7 Å². The Kier molecular flexibility index (Phi) is 7.01. The van der Waals surface area contributed by atoms with E-state index in [4.69, 9.17) is 0 Å². The Morgan fingerprint density at radius 3 is 2.29 bits per heavy atom. The van der Waals surface area contributed by atoms with Crippen LogP contribution in [-0.2, 0) is 11.2 Å². The predicted octanol–water partition coefficient (Wildman–Crippen LogP) is 6.54. The lowest BCUT2D eigenvalue weighted by Gasteiger charge is -2.37. The van der Waals surface area contributed by atoms with Gasteiger partial charge >= 0.3 is 0 Å². The second kappa shape index (κ2) is 8.14. The zero-order valence-electron chi connectivity index (χ0n) is 17.0. The number of carbonyl (C=O) groups is 1. The standard InChI is InChI=1S/C23H36O/c1-9-11-18(3)20(15-19-13-10-12-17(2)14-19)16-21(24)23(7,8)22(4,5)6/h10,12-14,16,18H,9,11,15H2,1-8H3/b20-16-. The van der Waals surface area contributed by atoms with Gasteiger partial charge in [-0.1, -0.05) is 90.3 Å². The van der Waals surface area contributed by atoms with Crippen LogP contribution in [0.1, 0.15) is 72.4 Å². The maximum Gasteiger partial charge on any atom is 0.161 e. The van der Waals surface area contributed by atoms with Gasteiger partial charge in [0.2, 0.25) is 0 Å². The first-order valence-corrected chi connectivity index (χ1v) is 9.29. The maximum absolute atomic E-state index is 13.0. The molecule has 0 bridgehead atoms. The van der Waals surface area contributed by atoms with Crippen LogP contribution in [0.4, 0.5) is 0 Å². The summed E-state index contributed by atoms with van der Waals surface area (Å²) in [5, 5.41) is 0. The van der Waals surface area contributed by atoms with Crippen LogP contribution < -0.4 is 0 Å². The van der Waals surface area contributed by atoms with E-state index < -0.39 is 0 Å². The fraction of sp³-hybridized carbons (Fsp3) is 0.609. The quantitative estimate of drug-likeness (QED) is 0.519. The lowest BCUT2D eigenvalue weighted by molar-refractivity contribution is -0.127. The van der Waals surface area contributed by atoms with Crippen molar-refractivity contribution in [3.63, 3.8) is 0 Å². The van der Waals surface area contributed by atoms with Gasteiger partial charge in [0, 0.05) is 5.41 Å². The third-order valence-corrected chi connectivity index (χ3v) is 5.65. The maximum atomic E-state index is 13.0. The van der Waals surface area contributed by atoms with E-state index in [-0.39, 0.29) is 16.6 Å². The van der Waals surface area contributed by atoms with E-state index in [0.717, 1.165) is 19.3 Å². The molecule has 0 N–H and O–H groups in total. The number of hydrogen-bond acceptors (Lipinski definition) is 1. The molecule has 1 heteroatoms. The van der Waals surface area contributed by atoms with Gasteiger partial charge in [-0.25, -0.2) is 0 Å². The van der Waals surface area contributed by atoms with Gasteiger partial charge in [-0.05, 0) is 42.7 Å². The Morgan fingerprint density at radius 2 is 1.79 bits per heavy atom. The summed E-state index contributed by atoms with van der Waals surface area (Å²) in [5.74, 6) is 0.691. The topological polar surface area (TPSA) is 17.1 Å². The highest BCUT2D eigenvalue weighted by Crippen LogP contribution is 2.39. The number of rotatable bonds is 7. The minimum Gasteiger partial charge on any atom is -0.294 e. The molecule has 24 heavy (non-hydrogen) atoms. The Balaban J connectivity index is 3.16. The highest BCUT2D eigenvalue weighted by atomic mass is 16.1. The second-order valence-corrected chi connectivity index (χ2v) is 8.81. The van der Waals surface area contributed by atoms with Crippen LogP contribution in [0, 0.1) is 23.7 Å². The summed E-state index contributed by atoms with van der Waals surface area (Å²) in [4.78, 5) is 13.0. The van der Waals surface area contributed by atoms with Gasteiger partial charge in [-0.3, -0.25) is 4.79 Å². The van der Waals surface area contributed by atoms with Crippen molar-refractivity contribution in [3.8, 4) is 0 Å². The smallest absolute Gasteiger partial charge is 0.161 e. The van der Waals surface area contributed by atoms with Crippen LogP contribution in [0.5, 0.6) is 0 Å². The number of hydrogen-bond donors (Lipinski definition) is 0. The molecular weight excluding hydrogens is 292 g/mol. The molecule has 1 atom stereocenters. The molecule has 134 valence electrons. The molecule has 0 aliphatic rings. The molecule has 1 nitrogen and oxygen atoms in total.